The van der Waals surface area contributed by atoms with Crippen LogP contribution in [-0.4, -0.2) is 0 Å². The zero-order chi connectivity index (χ0) is 35.9. The first kappa shape index (κ1) is 31.9. The minimum atomic E-state index is -0.441. The first-order valence-electron chi connectivity index (χ1n) is 18.7. The number of benzene rings is 7. The molecule has 8 aromatic rings. The van der Waals surface area contributed by atoms with Crippen molar-refractivity contribution in [3.63, 3.8) is 0 Å². The number of aryl methyl sites for hydroxylation is 4. The largest absolute Gasteiger partial charge is 0.135 e. The van der Waals surface area contributed by atoms with Crippen molar-refractivity contribution in [2.24, 2.45) is 0 Å². The molecule has 2 aliphatic rings. The molecule has 0 radical (unpaired) electrons. The topological polar surface area (TPSA) is 0 Å². The van der Waals surface area contributed by atoms with Crippen LogP contribution in [0.4, 0.5) is 0 Å². The van der Waals surface area contributed by atoms with Gasteiger partial charge in [-0.15, -0.1) is 11.3 Å². The molecule has 0 aliphatic heterocycles. The Balaban J connectivity index is 1.24. The Labute approximate surface area is 317 Å². The smallest absolute Gasteiger partial charge is 0.0722 e. The van der Waals surface area contributed by atoms with E-state index >= 15 is 0 Å². The van der Waals surface area contributed by atoms with E-state index in [2.05, 4.69) is 198 Å². The Bertz CT molecular complexity index is 2580. The van der Waals surface area contributed by atoms with Crippen molar-refractivity contribution < 1.29 is 0 Å². The number of thiophene rings is 1. The molecule has 2 aliphatic carbocycles. The molecular weight excluding hydrogens is 657 g/mol. The fraction of sp³-hybridized carbons (Fsp3) is 0.115. The maximum atomic E-state index is 2.52. The van der Waals surface area contributed by atoms with Crippen molar-refractivity contribution >= 4 is 11.3 Å². The molecule has 0 saturated carbocycles. The lowest BCUT2D eigenvalue weighted by atomic mass is 9.67. The van der Waals surface area contributed by atoms with Crippen LogP contribution in [0.5, 0.6) is 0 Å². The molecule has 0 spiro atoms. The average molecular weight is 697 g/mol. The molecule has 7 aromatic carbocycles. The number of fused-ring (bicyclic) bond motifs is 6. The van der Waals surface area contributed by atoms with Crippen LogP contribution in [0.1, 0.15) is 66.8 Å². The van der Waals surface area contributed by atoms with E-state index in [1.807, 2.05) is 11.3 Å². The van der Waals surface area contributed by atoms with Crippen LogP contribution in [0.2, 0.25) is 0 Å². The number of hydrogen-bond donors (Lipinski definition) is 0. The summed E-state index contributed by atoms with van der Waals surface area (Å²) < 4.78 is 0. The molecular formula is C52H40S. The lowest BCUT2D eigenvalue weighted by molar-refractivity contribution is 0.767. The van der Waals surface area contributed by atoms with Crippen molar-refractivity contribution in [3.05, 3.63) is 237 Å². The monoisotopic (exact) mass is 696 g/mol. The second kappa shape index (κ2) is 11.9. The second-order valence-corrected chi connectivity index (χ2v) is 16.2. The summed E-state index contributed by atoms with van der Waals surface area (Å²) in [4.78, 5) is 2.66. The molecule has 0 bridgehead atoms. The molecule has 1 aromatic heterocycles. The molecule has 53 heavy (non-hydrogen) atoms. The summed E-state index contributed by atoms with van der Waals surface area (Å²) in [5.41, 5.74) is 20.1. The highest BCUT2D eigenvalue weighted by Crippen LogP contribution is 2.61. The highest BCUT2D eigenvalue weighted by atomic mass is 32.1. The van der Waals surface area contributed by atoms with Crippen molar-refractivity contribution in [1.29, 1.82) is 0 Å². The van der Waals surface area contributed by atoms with Gasteiger partial charge < -0.3 is 0 Å². The third kappa shape index (κ3) is 4.54. The normalized spacial score (nSPS) is 14.3. The zero-order valence-corrected chi connectivity index (χ0v) is 31.4. The van der Waals surface area contributed by atoms with Gasteiger partial charge in [-0.1, -0.05) is 180 Å². The maximum Gasteiger partial charge on any atom is 0.0722 e. The van der Waals surface area contributed by atoms with E-state index in [0.29, 0.717) is 0 Å². The SMILES string of the molecule is Cc1ccc(C2(c3ccc(C)cc3)c3ccccc3-c3ccc(-c4cc5c(s4)-c4ccccc4C5(c4ccc(C)cc4)c4ccc(C)cc4)cc32)cc1. The molecule has 254 valence electrons. The van der Waals surface area contributed by atoms with E-state index in [0.717, 1.165) is 0 Å². The summed E-state index contributed by atoms with van der Waals surface area (Å²) in [5.74, 6) is 0. The fourth-order valence-corrected chi connectivity index (χ4v) is 10.6. The van der Waals surface area contributed by atoms with Gasteiger partial charge >= 0.3 is 0 Å². The summed E-state index contributed by atoms with van der Waals surface area (Å²) in [6, 6.07) is 64.9. The van der Waals surface area contributed by atoms with Crippen LogP contribution in [-0.2, 0) is 10.8 Å². The van der Waals surface area contributed by atoms with Gasteiger partial charge in [-0.25, -0.2) is 0 Å². The van der Waals surface area contributed by atoms with Crippen LogP contribution in [0.25, 0.3) is 32.0 Å². The molecule has 0 amide bonds. The standard InChI is InChI=1S/C52H40S/c1-33-13-22-38(23-14-33)51(39-24-15-34(2)16-25-39)45-11-7-5-9-42(45)43-30-21-37(31-47(43)51)49-32-48-50(53-49)44-10-6-8-12-46(44)52(48,40-26-17-35(3)18-27-40)41-28-19-36(4)20-29-41/h5-32H,1-4H3. The van der Waals surface area contributed by atoms with Crippen LogP contribution >= 0.6 is 11.3 Å². The maximum absolute atomic E-state index is 2.52. The third-order valence-electron chi connectivity index (χ3n) is 12.0. The Morgan fingerprint density at radius 3 is 1.23 bits per heavy atom. The molecule has 0 saturated heterocycles. The Hall–Kier alpha value is -5.76. The molecule has 1 heteroatoms. The van der Waals surface area contributed by atoms with Crippen LogP contribution < -0.4 is 0 Å². The van der Waals surface area contributed by atoms with Gasteiger partial charge in [-0.2, -0.15) is 0 Å². The van der Waals surface area contributed by atoms with Crippen LogP contribution in [0, 0.1) is 27.7 Å². The van der Waals surface area contributed by atoms with E-state index < -0.39 is 10.8 Å². The van der Waals surface area contributed by atoms with Crippen molar-refractivity contribution in [3.8, 4) is 32.0 Å². The highest BCUT2D eigenvalue weighted by Gasteiger charge is 2.49. The predicted molar refractivity (Wildman–Crippen MR) is 223 cm³/mol. The van der Waals surface area contributed by atoms with Gasteiger partial charge in [-0.3, -0.25) is 0 Å². The molecule has 0 fully saturated rings. The lowest BCUT2D eigenvalue weighted by Crippen LogP contribution is -2.28. The second-order valence-electron chi connectivity index (χ2n) is 15.2. The molecule has 0 atom stereocenters. The molecule has 1 heterocycles. The van der Waals surface area contributed by atoms with E-state index in [4.69, 9.17) is 0 Å². The average Bonchev–Trinajstić information content (AvgIpc) is 3.84. The van der Waals surface area contributed by atoms with E-state index in [-0.39, 0.29) is 0 Å². The summed E-state index contributed by atoms with van der Waals surface area (Å²) in [6.07, 6.45) is 0. The minimum absolute atomic E-state index is 0.414. The van der Waals surface area contributed by atoms with Gasteiger partial charge in [0.1, 0.15) is 0 Å². The summed E-state index contributed by atoms with van der Waals surface area (Å²) >= 11 is 1.94. The highest BCUT2D eigenvalue weighted by molar-refractivity contribution is 7.19. The fourth-order valence-electron chi connectivity index (χ4n) is 9.39. The van der Waals surface area contributed by atoms with Gasteiger partial charge in [0.2, 0.25) is 0 Å². The van der Waals surface area contributed by atoms with Gasteiger partial charge in [0, 0.05) is 9.75 Å². The molecule has 0 nitrogen and oxygen atoms in total. The first-order chi connectivity index (χ1) is 25.9. The zero-order valence-electron chi connectivity index (χ0n) is 30.6. The third-order valence-corrected chi connectivity index (χ3v) is 13.2. The van der Waals surface area contributed by atoms with E-state index in [1.54, 1.807) is 0 Å². The molecule has 10 rings (SSSR count). The van der Waals surface area contributed by atoms with E-state index in [1.165, 1.54) is 98.8 Å². The molecule has 0 unspecified atom stereocenters. The van der Waals surface area contributed by atoms with Gasteiger partial charge in [0.05, 0.1) is 10.8 Å². The summed E-state index contributed by atoms with van der Waals surface area (Å²) in [7, 11) is 0. The lowest BCUT2D eigenvalue weighted by Gasteiger charge is -2.34. The Morgan fingerprint density at radius 1 is 0.340 bits per heavy atom. The Kier molecular flexibility index (Phi) is 7.16. The van der Waals surface area contributed by atoms with Gasteiger partial charge in [0.25, 0.3) is 0 Å². The van der Waals surface area contributed by atoms with Crippen molar-refractivity contribution in [1.82, 2.24) is 0 Å². The predicted octanol–water partition coefficient (Wildman–Crippen LogP) is 13.4. The summed E-state index contributed by atoms with van der Waals surface area (Å²) in [5, 5.41) is 0. The summed E-state index contributed by atoms with van der Waals surface area (Å²) in [6.45, 7) is 8.72. The minimum Gasteiger partial charge on any atom is -0.135 e. The van der Waals surface area contributed by atoms with Crippen LogP contribution in [0.3, 0.4) is 0 Å². The molecule has 0 N–H and O–H groups in total. The van der Waals surface area contributed by atoms with Gasteiger partial charge in [-0.05, 0) is 107 Å². The van der Waals surface area contributed by atoms with Crippen molar-refractivity contribution in [2.75, 3.05) is 0 Å². The Morgan fingerprint density at radius 2 is 0.736 bits per heavy atom. The van der Waals surface area contributed by atoms with E-state index in [9.17, 15) is 0 Å². The van der Waals surface area contributed by atoms with Gasteiger partial charge in [0.15, 0.2) is 0 Å². The number of rotatable bonds is 5. The van der Waals surface area contributed by atoms with Crippen LogP contribution in [0.15, 0.2) is 170 Å². The first-order valence-corrected chi connectivity index (χ1v) is 19.5. The van der Waals surface area contributed by atoms with Crippen molar-refractivity contribution in [2.45, 2.75) is 38.5 Å². The number of hydrogen-bond acceptors (Lipinski definition) is 1. The quantitative estimate of drug-likeness (QED) is 0.168.